The van der Waals surface area contributed by atoms with Crippen LogP contribution >= 0.6 is 0 Å². The van der Waals surface area contributed by atoms with Gasteiger partial charge in [0.2, 0.25) is 0 Å². The van der Waals surface area contributed by atoms with Crippen molar-refractivity contribution in [2.24, 2.45) is 0 Å². The summed E-state index contributed by atoms with van der Waals surface area (Å²) in [6, 6.07) is 7.95. The van der Waals surface area contributed by atoms with Gasteiger partial charge in [0, 0.05) is 17.5 Å². The molecular formula is C9H7N3O2. The fourth-order valence-electron chi connectivity index (χ4n) is 1.23. The van der Waals surface area contributed by atoms with E-state index < -0.39 is 4.92 Å². The number of hydrogen-bond donors (Lipinski definition) is 1. The second kappa shape index (κ2) is 2.95. The molecule has 5 nitrogen and oxygen atoms in total. The number of rotatable bonds is 1. The van der Waals surface area contributed by atoms with Crippen LogP contribution in [0.2, 0.25) is 0 Å². The quantitative estimate of drug-likeness (QED) is 0.547. The smallest absolute Gasteiger partial charge is 0.271 e. The summed E-state index contributed by atoms with van der Waals surface area (Å²) in [6.07, 6.45) is 0. The molecule has 14 heavy (non-hydrogen) atoms. The van der Waals surface area contributed by atoms with Gasteiger partial charge in [0.1, 0.15) is 5.82 Å². The predicted molar refractivity (Wildman–Crippen MR) is 52.8 cm³/mol. The fraction of sp³-hybridized carbons (Fsp3) is 0. The van der Waals surface area contributed by atoms with Crippen LogP contribution in [0.15, 0.2) is 30.3 Å². The van der Waals surface area contributed by atoms with Crippen LogP contribution in [0.25, 0.3) is 10.9 Å². The first kappa shape index (κ1) is 8.43. The normalized spacial score (nSPS) is 10.3. The minimum Gasteiger partial charge on any atom is -0.384 e. The summed E-state index contributed by atoms with van der Waals surface area (Å²) in [5, 5.41) is 11.3. The van der Waals surface area contributed by atoms with E-state index >= 15 is 0 Å². The Morgan fingerprint density at radius 3 is 2.71 bits per heavy atom. The molecule has 70 valence electrons. The van der Waals surface area contributed by atoms with Crippen LogP contribution in [0.1, 0.15) is 0 Å². The third kappa shape index (κ3) is 1.35. The van der Waals surface area contributed by atoms with Crippen molar-refractivity contribution in [1.29, 1.82) is 0 Å². The van der Waals surface area contributed by atoms with Crippen molar-refractivity contribution in [2.75, 3.05) is 5.73 Å². The number of anilines is 1. The Labute approximate surface area is 79.3 Å². The first-order chi connectivity index (χ1) is 6.66. The van der Waals surface area contributed by atoms with E-state index in [1.54, 1.807) is 18.2 Å². The van der Waals surface area contributed by atoms with E-state index in [0.717, 1.165) is 5.39 Å². The lowest BCUT2D eigenvalue weighted by Gasteiger charge is -1.97. The molecule has 2 rings (SSSR count). The second-order valence-electron chi connectivity index (χ2n) is 2.87. The van der Waals surface area contributed by atoms with Crippen molar-refractivity contribution in [1.82, 2.24) is 4.98 Å². The highest BCUT2D eigenvalue weighted by molar-refractivity contribution is 5.82. The molecule has 0 aliphatic heterocycles. The molecule has 1 aromatic carbocycles. The Bertz CT molecular complexity index is 510. The molecule has 1 heterocycles. The zero-order chi connectivity index (χ0) is 10.1. The lowest BCUT2D eigenvalue weighted by atomic mass is 10.2. The van der Waals surface area contributed by atoms with Crippen molar-refractivity contribution < 1.29 is 4.92 Å². The van der Waals surface area contributed by atoms with Crippen molar-refractivity contribution in [3.63, 3.8) is 0 Å². The molecule has 2 aromatic rings. The monoisotopic (exact) mass is 189 g/mol. The van der Waals surface area contributed by atoms with E-state index in [2.05, 4.69) is 4.98 Å². The molecular weight excluding hydrogens is 182 g/mol. The third-order valence-corrected chi connectivity index (χ3v) is 1.91. The number of pyridine rings is 1. The van der Waals surface area contributed by atoms with Crippen LogP contribution in [-0.2, 0) is 0 Å². The summed E-state index contributed by atoms with van der Waals surface area (Å²) in [5.74, 6) is 0.359. The first-order valence-corrected chi connectivity index (χ1v) is 3.97. The Morgan fingerprint density at radius 1 is 1.29 bits per heavy atom. The lowest BCUT2D eigenvalue weighted by molar-refractivity contribution is -0.384. The average Bonchev–Trinajstić information content (AvgIpc) is 2.16. The standard InChI is InChI=1S/C9H7N3O2/c10-9-4-2-6-1-3-7(12(13)14)5-8(6)11-9/h1-5H,(H2,10,11). The molecule has 2 N–H and O–H groups in total. The van der Waals surface area contributed by atoms with E-state index in [1.165, 1.54) is 12.1 Å². The molecule has 0 saturated heterocycles. The number of fused-ring (bicyclic) bond motifs is 1. The van der Waals surface area contributed by atoms with E-state index in [0.29, 0.717) is 11.3 Å². The lowest BCUT2D eigenvalue weighted by Crippen LogP contribution is -1.91. The van der Waals surface area contributed by atoms with Crippen LogP contribution in [-0.4, -0.2) is 9.91 Å². The molecule has 5 heteroatoms. The molecule has 1 aromatic heterocycles. The van der Waals surface area contributed by atoms with Gasteiger partial charge in [0.25, 0.3) is 5.69 Å². The molecule has 0 radical (unpaired) electrons. The number of nitro benzene ring substituents is 1. The van der Waals surface area contributed by atoms with Crippen molar-refractivity contribution >= 4 is 22.4 Å². The summed E-state index contributed by atoms with van der Waals surface area (Å²) in [7, 11) is 0. The minimum atomic E-state index is -0.454. The van der Waals surface area contributed by atoms with Crippen LogP contribution in [0.5, 0.6) is 0 Å². The van der Waals surface area contributed by atoms with Crippen molar-refractivity contribution in [3.05, 3.63) is 40.4 Å². The van der Waals surface area contributed by atoms with E-state index in [1.807, 2.05) is 0 Å². The number of nitrogens with two attached hydrogens (primary N) is 1. The SMILES string of the molecule is Nc1ccc2ccc([N+](=O)[O-])cc2n1. The van der Waals surface area contributed by atoms with Crippen LogP contribution in [0.3, 0.4) is 0 Å². The third-order valence-electron chi connectivity index (χ3n) is 1.91. The first-order valence-electron chi connectivity index (χ1n) is 3.97. The van der Waals surface area contributed by atoms with Crippen LogP contribution in [0.4, 0.5) is 11.5 Å². The number of benzene rings is 1. The maximum atomic E-state index is 10.5. The molecule has 0 aliphatic rings. The summed E-state index contributed by atoms with van der Waals surface area (Å²) >= 11 is 0. The highest BCUT2D eigenvalue weighted by atomic mass is 16.6. The molecule has 0 bridgehead atoms. The number of non-ortho nitro benzene ring substituents is 1. The van der Waals surface area contributed by atoms with Crippen molar-refractivity contribution in [3.8, 4) is 0 Å². The summed E-state index contributed by atoms with van der Waals surface area (Å²) in [4.78, 5) is 14.0. The van der Waals surface area contributed by atoms with Gasteiger partial charge in [-0.15, -0.1) is 0 Å². The second-order valence-corrected chi connectivity index (χ2v) is 2.87. The van der Waals surface area contributed by atoms with Crippen LogP contribution < -0.4 is 5.73 Å². The number of nitrogens with zero attached hydrogens (tertiary/aromatic N) is 2. The van der Waals surface area contributed by atoms with E-state index in [4.69, 9.17) is 5.73 Å². The van der Waals surface area contributed by atoms with Crippen molar-refractivity contribution in [2.45, 2.75) is 0 Å². The van der Waals surface area contributed by atoms with E-state index in [9.17, 15) is 10.1 Å². The molecule has 0 amide bonds. The van der Waals surface area contributed by atoms with Gasteiger partial charge in [-0.2, -0.15) is 0 Å². The van der Waals surface area contributed by atoms with Gasteiger partial charge in [-0.05, 0) is 18.2 Å². The van der Waals surface area contributed by atoms with E-state index in [-0.39, 0.29) is 5.69 Å². The Hall–Kier alpha value is -2.17. The van der Waals surface area contributed by atoms with Crippen LogP contribution in [0, 0.1) is 10.1 Å². The Balaban J connectivity index is 2.69. The number of nitrogen functional groups attached to an aromatic ring is 1. The van der Waals surface area contributed by atoms with Gasteiger partial charge in [-0.25, -0.2) is 4.98 Å². The highest BCUT2D eigenvalue weighted by Gasteiger charge is 2.06. The zero-order valence-corrected chi connectivity index (χ0v) is 7.18. The topological polar surface area (TPSA) is 82.0 Å². The highest BCUT2D eigenvalue weighted by Crippen LogP contribution is 2.19. The zero-order valence-electron chi connectivity index (χ0n) is 7.18. The van der Waals surface area contributed by atoms with Gasteiger partial charge >= 0.3 is 0 Å². The Kier molecular flexibility index (Phi) is 1.78. The largest absolute Gasteiger partial charge is 0.384 e. The average molecular weight is 189 g/mol. The predicted octanol–water partition coefficient (Wildman–Crippen LogP) is 1.73. The molecule has 0 saturated carbocycles. The number of aromatic nitrogens is 1. The summed E-state index contributed by atoms with van der Waals surface area (Å²) in [6.45, 7) is 0. The van der Waals surface area contributed by atoms with Gasteiger partial charge in [-0.1, -0.05) is 0 Å². The minimum absolute atomic E-state index is 0.0237. The molecule has 0 aliphatic carbocycles. The van der Waals surface area contributed by atoms with Gasteiger partial charge in [0.05, 0.1) is 10.4 Å². The molecule has 0 atom stereocenters. The molecule has 0 unspecified atom stereocenters. The summed E-state index contributed by atoms with van der Waals surface area (Å²) in [5.41, 5.74) is 6.03. The van der Waals surface area contributed by atoms with Gasteiger partial charge in [0.15, 0.2) is 0 Å². The Morgan fingerprint density at radius 2 is 2.00 bits per heavy atom. The fourth-order valence-corrected chi connectivity index (χ4v) is 1.23. The molecule has 0 fully saturated rings. The number of hydrogen-bond acceptors (Lipinski definition) is 4. The molecule has 0 spiro atoms. The number of nitro groups is 1. The maximum absolute atomic E-state index is 10.5. The summed E-state index contributed by atoms with van der Waals surface area (Å²) < 4.78 is 0. The maximum Gasteiger partial charge on any atom is 0.271 e. The van der Waals surface area contributed by atoms with Gasteiger partial charge < -0.3 is 5.73 Å². The van der Waals surface area contributed by atoms with Gasteiger partial charge in [-0.3, -0.25) is 10.1 Å².